The van der Waals surface area contributed by atoms with Crippen molar-refractivity contribution in [2.75, 3.05) is 64.3 Å². The van der Waals surface area contributed by atoms with Crippen LogP contribution < -0.4 is 10.6 Å². The van der Waals surface area contributed by atoms with E-state index in [-0.39, 0.29) is 23.8 Å². The maximum atomic E-state index is 13.3. The molecule has 0 aliphatic carbocycles. The molecule has 1 aromatic rings. The summed E-state index contributed by atoms with van der Waals surface area (Å²) >= 11 is 0. The van der Waals surface area contributed by atoms with E-state index in [9.17, 15) is 14.4 Å². The summed E-state index contributed by atoms with van der Waals surface area (Å²) < 4.78 is 0. The van der Waals surface area contributed by atoms with Crippen molar-refractivity contribution in [1.29, 1.82) is 0 Å². The lowest BCUT2D eigenvalue weighted by molar-refractivity contribution is -0.140. The van der Waals surface area contributed by atoms with Crippen molar-refractivity contribution in [3.63, 3.8) is 0 Å². The normalized spacial score (nSPS) is 30.2. The van der Waals surface area contributed by atoms with Gasteiger partial charge in [0.25, 0.3) is 5.91 Å². The standard InChI is InChI=1S/C24H34N6O3/c1-17-4-3-5-20(18(17)2)25-21(31)14-27-10-12-29(13-11-27)16-30-22(32)24(26-23(30)33)15-28-8-6-19(24)7-9-28/h3-5,19H,6-16H2,1-2H3,(H,25,31)(H,26,33)/t24-/m1/s1. The molecule has 1 spiro atoms. The number of carbonyl (C=O) groups excluding carboxylic acids is 3. The smallest absolute Gasteiger partial charge is 0.325 e. The number of imide groups is 1. The number of anilines is 1. The van der Waals surface area contributed by atoms with Crippen molar-refractivity contribution in [3.8, 4) is 0 Å². The Morgan fingerprint density at radius 3 is 2.42 bits per heavy atom. The quantitative estimate of drug-likeness (QED) is 0.641. The van der Waals surface area contributed by atoms with Crippen LogP contribution in [-0.4, -0.2) is 102 Å². The summed E-state index contributed by atoms with van der Waals surface area (Å²) in [4.78, 5) is 46.6. The van der Waals surface area contributed by atoms with Crippen LogP contribution in [0.3, 0.4) is 0 Å². The highest BCUT2D eigenvalue weighted by Gasteiger charge is 2.59. The fourth-order valence-corrected chi connectivity index (χ4v) is 5.79. The van der Waals surface area contributed by atoms with Gasteiger partial charge in [-0.25, -0.2) is 9.69 Å². The number of benzene rings is 1. The van der Waals surface area contributed by atoms with E-state index in [0.717, 1.165) is 68.9 Å². The predicted molar refractivity (Wildman–Crippen MR) is 125 cm³/mol. The molecule has 33 heavy (non-hydrogen) atoms. The van der Waals surface area contributed by atoms with Crippen LogP contribution in [0.2, 0.25) is 0 Å². The van der Waals surface area contributed by atoms with Gasteiger partial charge in [-0.3, -0.25) is 19.4 Å². The number of hydrogen-bond acceptors (Lipinski definition) is 6. The average Bonchev–Trinajstić information content (AvgIpc) is 3.03. The maximum absolute atomic E-state index is 13.3. The highest BCUT2D eigenvalue weighted by molar-refractivity contribution is 6.07. The summed E-state index contributed by atoms with van der Waals surface area (Å²) in [5.74, 6) is 0.170. The molecule has 9 heteroatoms. The number of carbonyl (C=O) groups is 3. The Morgan fingerprint density at radius 1 is 1.06 bits per heavy atom. The molecule has 2 N–H and O–H groups in total. The zero-order chi connectivity index (χ0) is 23.2. The third-order valence-corrected chi connectivity index (χ3v) is 8.01. The Labute approximate surface area is 195 Å². The van der Waals surface area contributed by atoms with Crippen LogP contribution in [0, 0.1) is 19.8 Å². The Morgan fingerprint density at radius 2 is 1.76 bits per heavy atom. The summed E-state index contributed by atoms with van der Waals surface area (Å²) in [6, 6.07) is 5.66. The first-order chi connectivity index (χ1) is 15.9. The fraction of sp³-hybridized carbons (Fsp3) is 0.625. The van der Waals surface area contributed by atoms with Crippen molar-refractivity contribution in [3.05, 3.63) is 29.3 Å². The number of nitrogens with zero attached hydrogens (tertiary/aromatic N) is 4. The van der Waals surface area contributed by atoms with Gasteiger partial charge in [-0.05, 0) is 62.9 Å². The molecule has 5 aliphatic heterocycles. The van der Waals surface area contributed by atoms with Crippen molar-refractivity contribution in [2.24, 2.45) is 5.92 Å². The minimum atomic E-state index is -0.721. The Kier molecular flexibility index (Phi) is 5.88. The number of amides is 4. The highest BCUT2D eigenvalue weighted by Crippen LogP contribution is 2.39. The van der Waals surface area contributed by atoms with Gasteiger partial charge >= 0.3 is 6.03 Å². The second-order valence-electron chi connectivity index (χ2n) is 10.0. The Balaban J connectivity index is 1.12. The Bertz CT molecular complexity index is 952. The lowest BCUT2D eigenvalue weighted by Gasteiger charge is -2.49. The van der Waals surface area contributed by atoms with Crippen LogP contribution in [0.25, 0.3) is 0 Å². The molecule has 9 nitrogen and oxygen atoms in total. The largest absolute Gasteiger partial charge is 0.326 e. The number of piperidine rings is 3. The van der Waals surface area contributed by atoms with Gasteiger partial charge in [0.05, 0.1) is 13.2 Å². The van der Waals surface area contributed by atoms with Crippen LogP contribution >= 0.6 is 0 Å². The average molecular weight is 455 g/mol. The molecule has 0 unspecified atom stereocenters. The number of piperazine rings is 1. The van der Waals surface area contributed by atoms with Gasteiger partial charge in [0.15, 0.2) is 0 Å². The fourth-order valence-electron chi connectivity index (χ4n) is 5.79. The van der Waals surface area contributed by atoms with E-state index >= 15 is 0 Å². The molecule has 0 saturated carbocycles. The van der Waals surface area contributed by atoms with Gasteiger partial charge in [0.2, 0.25) is 5.91 Å². The van der Waals surface area contributed by atoms with E-state index in [1.165, 1.54) is 4.90 Å². The van der Waals surface area contributed by atoms with Crippen molar-refractivity contribution in [1.82, 2.24) is 24.9 Å². The zero-order valence-electron chi connectivity index (χ0n) is 19.6. The van der Waals surface area contributed by atoms with Crippen molar-refractivity contribution >= 4 is 23.5 Å². The molecule has 1 aromatic carbocycles. The van der Waals surface area contributed by atoms with Crippen LogP contribution in [0.5, 0.6) is 0 Å². The van der Waals surface area contributed by atoms with Gasteiger partial charge in [-0.2, -0.15) is 0 Å². The maximum Gasteiger partial charge on any atom is 0.326 e. The molecule has 4 amide bonds. The van der Waals surface area contributed by atoms with Crippen molar-refractivity contribution < 1.29 is 14.4 Å². The van der Waals surface area contributed by atoms with E-state index < -0.39 is 5.54 Å². The molecule has 5 heterocycles. The molecule has 6 rings (SSSR count). The van der Waals surface area contributed by atoms with Gasteiger partial charge < -0.3 is 15.5 Å². The number of hydrogen-bond donors (Lipinski definition) is 2. The third kappa shape index (κ3) is 4.13. The number of nitrogens with one attached hydrogen (secondary N) is 2. The number of urea groups is 1. The molecule has 5 fully saturated rings. The van der Waals surface area contributed by atoms with Crippen LogP contribution in [0.15, 0.2) is 18.2 Å². The first-order valence-corrected chi connectivity index (χ1v) is 12.0. The predicted octanol–water partition coefficient (Wildman–Crippen LogP) is 0.833. The SMILES string of the molecule is Cc1cccc(NC(=O)CN2CCN(CN3C(=O)N[C@@]4(CN5CCC4CC5)C3=O)CC2)c1C. The van der Waals surface area contributed by atoms with Gasteiger partial charge in [0.1, 0.15) is 5.54 Å². The van der Waals surface area contributed by atoms with E-state index in [1.54, 1.807) is 0 Å². The summed E-state index contributed by atoms with van der Waals surface area (Å²) in [5.41, 5.74) is 2.38. The number of rotatable bonds is 5. The second-order valence-corrected chi connectivity index (χ2v) is 10.0. The van der Waals surface area contributed by atoms with Gasteiger partial charge in [0, 0.05) is 38.4 Å². The molecule has 0 aromatic heterocycles. The van der Waals surface area contributed by atoms with Crippen molar-refractivity contribution in [2.45, 2.75) is 32.2 Å². The third-order valence-electron chi connectivity index (χ3n) is 8.01. The van der Waals surface area contributed by atoms with E-state index in [4.69, 9.17) is 0 Å². The molecular weight excluding hydrogens is 420 g/mol. The summed E-state index contributed by atoms with van der Waals surface area (Å²) in [6.07, 6.45) is 1.95. The minimum absolute atomic E-state index is 0.0180. The zero-order valence-corrected chi connectivity index (χ0v) is 19.6. The molecule has 178 valence electrons. The molecule has 2 bridgehead atoms. The topological polar surface area (TPSA) is 88.2 Å². The summed E-state index contributed by atoms with van der Waals surface area (Å²) in [5, 5.41) is 6.08. The lowest BCUT2D eigenvalue weighted by atomic mass is 9.73. The molecular formula is C24H34N6O3. The van der Waals surface area contributed by atoms with E-state index in [0.29, 0.717) is 19.8 Å². The van der Waals surface area contributed by atoms with E-state index in [1.807, 2.05) is 32.0 Å². The summed E-state index contributed by atoms with van der Waals surface area (Å²) in [7, 11) is 0. The summed E-state index contributed by atoms with van der Waals surface area (Å²) in [6.45, 7) is 10.3. The van der Waals surface area contributed by atoms with Crippen LogP contribution in [0.4, 0.5) is 10.5 Å². The van der Waals surface area contributed by atoms with Crippen LogP contribution in [0.1, 0.15) is 24.0 Å². The van der Waals surface area contributed by atoms with Crippen LogP contribution in [-0.2, 0) is 9.59 Å². The molecule has 1 atom stereocenters. The van der Waals surface area contributed by atoms with E-state index in [2.05, 4.69) is 25.3 Å². The molecule has 0 radical (unpaired) electrons. The second kappa shape index (κ2) is 8.70. The highest BCUT2D eigenvalue weighted by atomic mass is 16.2. The first kappa shape index (κ1) is 22.3. The molecule has 5 saturated heterocycles. The monoisotopic (exact) mass is 454 g/mol. The van der Waals surface area contributed by atoms with Gasteiger partial charge in [-0.1, -0.05) is 12.1 Å². The Hall–Kier alpha value is -2.49. The number of aryl methyl sites for hydroxylation is 1. The first-order valence-electron chi connectivity index (χ1n) is 12.0. The minimum Gasteiger partial charge on any atom is -0.325 e. The molecule has 5 aliphatic rings. The van der Waals surface area contributed by atoms with Gasteiger partial charge in [-0.15, -0.1) is 0 Å². The lowest BCUT2D eigenvalue weighted by Crippen LogP contribution is -2.67. The number of fused-ring (bicyclic) bond motifs is 2.